The summed E-state index contributed by atoms with van der Waals surface area (Å²) < 4.78 is 5.46. The number of nitrogens with zero attached hydrogens (tertiary/aromatic N) is 1. The molecule has 0 radical (unpaired) electrons. The molecule has 106 valence electrons. The van der Waals surface area contributed by atoms with Gasteiger partial charge >= 0.3 is 0 Å². The van der Waals surface area contributed by atoms with E-state index in [9.17, 15) is 0 Å². The minimum Gasteiger partial charge on any atom is -0.462 e. The summed E-state index contributed by atoms with van der Waals surface area (Å²) in [6, 6.07) is 12.2. The molecule has 0 saturated carbocycles. The first-order valence-corrected chi connectivity index (χ1v) is 7.12. The van der Waals surface area contributed by atoms with Crippen LogP contribution in [0.3, 0.4) is 0 Å². The van der Waals surface area contributed by atoms with Crippen LogP contribution in [0.4, 0.5) is 11.4 Å². The average Bonchev–Trinajstić information content (AvgIpc) is 3.17. The molecule has 0 spiro atoms. The maximum Gasteiger partial charge on any atom is 0.129 e. The molecule has 0 aliphatic carbocycles. The fraction of sp³-hybridized carbons (Fsp3) is 0.375. The molecule has 2 aromatic rings. The van der Waals surface area contributed by atoms with E-state index in [4.69, 9.17) is 9.52 Å². The number of aliphatic hydroxyl groups is 1. The number of hydrogen-bond donors (Lipinski definition) is 2. The molecule has 2 N–H and O–H groups in total. The second kappa shape index (κ2) is 6.01. The van der Waals surface area contributed by atoms with E-state index >= 15 is 0 Å². The van der Waals surface area contributed by atoms with Crippen LogP contribution in [0.5, 0.6) is 0 Å². The largest absolute Gasteiger partial charge is 0.462 e. The van der Waals surface area contributed by atoms with Crippen LogP contribution in [0.1, 0.15) is 24.4 Å². The topological polar surface area (TPSA) is 48.6 Å². The van der Waals surface area contributed by atoms with Gasteiger partial charge in [0.1, 0.15) is 18.1 Å². The van der Waals surface area contributed by atoms with Gasteiger partial charge in [-0.05, 0) is 43.2 Å². The van der Waals surface area contributed by atoms with Gasteiger partial charge in [0.2, 0.25) is 0 Å². The molecule has 0 amide bonds. The van der Waals surface area contributed by atoms with Crippen molar-refractivity contribution in [3.05, 3.63) is 47.9 Å². The van der Waals surface area contributed by atoms with Crippen LogP contribution in [0.15, 0.2) is 40.8 Å². The fourth-order valence-corrected chi connectivity index (χ4v) is 2.58. The molecule has 20 heavy (non-hydrogen) atoms. The van der Waals surface area contributed by atoms with E-state index in [1.807, 2.05) is 6.07 Å². The van der Waals surface area contributed by atoms with Gasteiger partial charge in [-0.1, -0.05) is 6.07 Å². The molecule has 3 rings (SSSR count). The van der Waals surface area contributed by atoms with Crippen molar-refractivity contribution in [2.24, 2.45) is 0 Å². The van der Waals surface area contributed by atoms with Crippen molar-refractivity contribution in [1.82, 2.24) is 0 Å². The Morgan fingerprint density at radius 3 is 2.65 bits per heavy atom. The van der Waals surface area contributed by atoms with Crippen molar-refractivity contribution in [2.45, 2.75) is 26.0 Å². The molecule has 1 saturated heterocycles. The number of hydrogen-bond acceptors (Lipinski definition) is 4. The predicted octanol–water partition coefficient (Wildman–Crippen LogP) is 2.98. The van der Waals surface area contributed by atoms with E-state index in [-0.39, 0.29) is 6.61 Å². The molecule has 0 unspecified atom stereocenters. The minimum atomic E-state index is -0.0511. The van der Waals surface area contributed by atoms with E-state index in [0.717, 1.165) is 24.5 Å². The highest BCUT2D eigenvalue weighted by molar-refractivity contribution is 5.58. The third-order valence-electron chi connectivity index (χ3n) is 3.66. The smallest absolute Gasteiger partial charge is 0.129 e. The zero-order valence-electron chi connectivity index (χ0n) is 11.5. The molecule has 1 aliphatic heterocycles. The zero-order valence-corrected chi connectivity index (χ0v) is 11.5. The van der Waals surface area contributed by atoms with Gasteiger partial charge in [0, 0.05) is 24.5 Å². The second-order valence-electron chi connectivity index (χ2n) is 5.12. The van der Waals surface area contributed by atoms with Gasteiger partial charge in [0.25, 0.3) is 0 Å². The molecular weight excluding hydrogens is 252 g/mol. The number of anilines is 2. The Morgan fingerprint density at radius 2 is 1.90 bits per heavy atom. The Kier molecular flexibility index (Phi) is 3.92. The number of nitrogens with one attached hydrogen (secondary N) is 1. The summed E-state index contributed by atoms with van der Waals surface area (Å²) in [5.74, 6) is 1.44. The van der Waals surface area contributed by atoms with Gasteiger partial charge in [-0.3, -0.25) is 0 Å². The van der Waals surface area contributed by atoms with Gasteiger partial charge in [0.15, 0.2) is 0 Å². The summed E-state index contributed by atoms with van der Waals surface area (Å²) in [4.78, 5) is 2.42. The van der Waals surface area contributed by atoms with E-state index in [1.165, 1.54) is 18.5 Å². The van der Waals surface area contributed by atoms with Gasteiger partial charge in [-0.25, -0.2) is 0 Å². The lowest BCUT2D eigenvalue weighted by Gasteiger charge is -2.18. The first-order valence-electron chi connectivity index (χ1n) is 7.12. The van der Waals surface area contributed by atoms with E-state index < -0.39 is 0 Å². The lowest BCUT2D eigenvalue weighted by atomic mass is 10.2. The lowest BCUT2D eigenvalue weighted by molar-refractivity contribution is 0.244. The number of aliphatic hydroxyl groups excluding tert-OH is 1. The summed E-state index contributed by atoms with van der Waals surface area (Å²) in [5.41, 5.74) is 2.37. The van der Waals surface area contributed by atoms with Gasteiger partial charge in [-0.2, -0.15) is 0 Å². The van der Waals surface area contributed by atoms with Gasteiger partial charge in [-0.15, -0.1) is 0 Å². The summed E-state index contributed by atoms with van der Waals surface area (Å²) in [6.45, 7) is 2.89. The Bertz CT molecular complexity index is 559. The van der Waals surface area contributed by atoms with Crippen molar-refractivity contribution in [3.8, 4) is 0 Å². The van der Waals surface area contributed by atoms with Crippen LogP contribution >= 0.6 is 0 Å². The number of rotatable bonds is 5. The molecule has 0 atom stereocenters. The Balaban J connectivity index is 1.63. The maximum atomic E-state index is 8.97. The highest BCUT2D eigenvalue weighted by Gasteiger charge is 2.12. The van der Waals surface area contributed by atoms with Gasteiger partial charge in [0.05, 0.1) is 6.54 Å². The molecule has 4 heteroatoms. The molecule has 1 aromatic carbocycles. The fourth-order valence-electron chi connectivity index (χ4n) is 2.58. The van der Waals surface area contributed by atoms with Crippen molar-refractivity contribution >= 4 is 11.4 Å². The maximum absolute atomic E-state index is 8.97. The molecular formula is C16H20N2O2. The average molecular weight is 272 g/mol. The SMILES string of the molecule is OCc1ccc(CNc2cccc(N3CCCC3)c2)o1. The van der Waals surface area contributed by atoms with Crippen LogP contribution in [-0.4, -0.2) is 18.2 Å². The van der Waals surface area contributed by atoms with Crippen LogP contribution in [-0.2, 0) is 13.2 Å². The molecule has 4 nitrogen and oxygen atoms in total. The predicted molar refractivity (Wildman–Crippen MR) is 79.8 cm³/mol. The Morgan fingerprint density at radius 1 is 1.10 bits per heavy atom. The molecule has 2 heterocycles. The quantitative estimate of drug-likeness (QED) is 0.878. The lowest BCUT2D eigenvalue weighted by Crippen LogP contribution is -2.17. The molecule has 1 aromatic heterocycles. The van der Waals surface area contributed by atoms with Crippen molar-refractivity contribution in [2.75, 3.05) is 23.3 Å². The third kappa shape index (κ3) is 2.96. The van der Waals surface area contributed by atoms with E-state index in [2.05, 4.69) is 34.5 Å². The van der Waals surface area contributed by atoms with E-state index in [1.54, 1.807) is 6.07 Å². The van der Waals surface area contributed by atoms with Crippen molar-refractivity contribution in [1.29, 1.82) is 0 Å². The van der Waals surface area contributed by atoms with Gasteiger partial charge < -0.3 is 19.7 Å². The third-order valence-corrected chi connectivity index (χ3v) is 3.66. The van der Waals surface area contributed by atoms with Crippen LogP contribution in [0.25, 0.3) is 0 Å². The number of furan rings is 1. The number of benzene rings is 1. The van der Waals surface area contributed by atoms with E-state index in [0.29, 0.717) is 12.3 Å². The first kappa shape index (κ1) is 13.1. The first-order chi connectivity index (χ1) is 9.85. The van der Waals surface area contributed by atoms with Crippen LogP contribution in [0, 0.1) is 0 Å². The second-order valence-corrected chi connectivity index (χ2v) is 5.12. The summed E-state index contributed by atoms with van der Waals surface area (Å²) >= 11 is 0. The molecule has 1 fully saturated rings. The highest BCUT2D eigenvalue weighted by atomic mass is 16.4. The highest BCUT2D eigenvalue weighted by Crippen LogP contribution is 2.23. The van der Waals surface area contributed by atoms with Crippen molar-refractivity contribution < 1.29 is 9.52 Å². The van der Waals surface area contributed by atoms with Crippen molar-refractivity contribution in [3.63, 3.8) is 0 Å². The molecule has 0 bridgehead atoms. The van der Waals surface area contributed by atoms with Crippen LogP contribution in [0.2, 0.25) is 0 Å². The summed E-state index contributed by atoms with van der Waals surface area (Å²) in [7, 11) is 0. The minimum absolute atomic E-state index is 0.0511. The standard InChI is InChI=1S/C16H20N2O2/c19-12-16-7-6-15(20-16)11-17-13-4-3-5-14(10-13)18-8-1-2-9-18/h3-7,10,17,19H,1-2,8-9,11-12H2. The molecule has 1 aliphatic rings. The normalized spacial score (nSPS) is 14.8. The summed E-state index contributed by atoms with van der Waals surface area (Å²) in [6.07, 6.45) is 2.57. The summed E-state index contributed by atoms with van der Waals surface area (Å²) in [5, 5.41) is 12.3. The Labute approximate surface area is 119 Å². The Hall–Kier alpha value is -1.94. The monoisotopic (exact) mass is 272 g/mol. The van der Waals surface area contributed by atoms with Crippen LogP contribution < -0.4 is 10.2 Å². The zero-order chi connectivity index (χ0) is 13.8.